The van der Waals surface area contributed by atoms with Crippen LogP contribution in [-0.2, 0) is 6.61 Å². The van der Waals surface area contributed by atoms with Crippen LogP contribution < -0.4 is 0 Å². The lowest BCUT2D eigenvalue weighted by molar-refractivity contribution is 0.278. The van der Waals surface area contributed by atoms with Crippen molar-refractivity contribution in [2.45, 2.75) is 13.5 Å². The minimum absolute atomic E-state index is 0.0181. The van der Waals surface area contributed by atoms with Crippen molar-refractivity contribution in [3.05, 3.63) is 29.0 Å². The topological polar surface area (TPSA) is 48.9 Å². The van der Waals surface area contributed by atoms with Gasteiger partial charge < -0.3 is 10.1 Å². The molecule has 2 heterocycles. The van der Waals surface area contributed by atoms with Crippen LogP contribution in [0.15, 0.2) is 17.8 Å². The van der Waals surface area contributed by atoms with Crippen molar-refractivity contribution in [1.29, 1.82) is 0 Å². The van der Waals surface area contributed by atoms with E-state index in [1.54, 1.807) is 17.7 Å². The second-order valence-electron chi connectivity index (χ2n) is 2.87. The first-order valence-electron chi connectivity index (χ1n) is 4.00. The Morgan fingerprint density at radius 3 is 3.08 bits per heavy atom. The second kappa shape index (κ2) is 3.32. The third-order valence-corrected chi connectivity index (χ3v) is 2.91. The highest BCUT2D eigenvalue weighted by Gasteiger charge is 2.08. The van der Waals surface area contributed by atoms with E-state index in [1.807, 2.05) is 0 Å². The average Bonchev–Trinajstić information content (AvgIpc) is 2.71. The molecule has 0 aromatic carbocycles. The largest absolute Gasteiger partial charge is 0.390 e. The first kappa shape index (κ1) is 8.47. The zero-order valence-electron chi connectivity index (χ0n) is 7.24. The van der Waals surface area contributed by atoms with Crippen LogP contribution in [0.1, 0.15) is 11.3 Å². The molecule has 0 radical (unpaired) electrons. The molecule has 3 nitrogen and oxygen atoms in total. The van der Waals surface area contributed by atoms with Gasteiger partial charge in [-0.15, -0.1) is 11.3 Å². The smallest absolute Gasteiger partial charge is 0.0929 e. The van der Waals surface area contributed by atoms with Crippen LogP contribution in [0.3, 0.4) is 0 Å². The second-order valence-corrected chi connectivity index (χ2v) is 3.78. The maximum Gasteiger partial charge on any atom is 0.0929 e. The lowest BCUT2D eigenvalue weighted by atomic mass is 10.2. The van der Waals surface area contributed by atoms with E-state index in [2.05, 4.69) is 28.3 Å². The van der Waals surface area contributed by atoms with E-state index in [0.717, 1.165) is 10.6 Å². The zero-order valence-corrected chi connectivity index (χ0v) is 8.06. The number of aromatic nitrogens is 2. The van der Waals surface area contributed by atoms with Crippen LogP contribution in [-0.4, -0.2) is 15.1 Å². The highest BCUT2D eigenvalue weighted by Crippen LogP contribution is 2.27. The summed E-state index contributed by atoms with van der Waals surface area (Å²) in [7, 11) is 0. The molecule has 0 aliphatic carbocycles. The number of aryl methyl sites for hydroxylation is 1. The Labute approximate surface area is 80.1 Å². The monoisotopic (exact) mass is 194 g/mol. The minimum Gasteiger partial charge on any atom is -0.390 e. The molecule has 2 rings (SSSR count). The van der Waals surface area contributed by atoms with Crippen molar-refractivity contribution >= 4 is 11.3 Å². The maximum atomic E-state index is 9.00. The van der Waals surface area contributed by atoms with Crippen LogP contribution >= 0.6 is 11.3 Å². The van der Waals surface area contributed by atoms with Crippen molar-refractivity contribution < 1.29 is 5.11 Å². The summed E-state index contributed by atoms with van der Waals surface area (Å²) in [6.45, 7) is 2.03. The van der Waals surface area contributed by atoms with Gasteiger partial charge in [0, 0.05) is 0 Å². The van der Waals surface area contributed by atoms with Gasteiger partial charge in [-0.25, -0.2) is 4.98 Å². The summed E-state index contributed by atoms with van der Waals surface area (Å²) in [4.78, 5) is 8.17. The molecule has 4 heteroatoms. The number of nitrogens with zero attached hydrogens (tertiary/aromatic N) is 1. The molecule has 68 valence electrons. The number of imidazole rings is 1. The van der Waals surface area contributed by atoms with E-state index < -0.39 is 0 Å². The minimum atomic E-state index is -0.0181. The molecule has 0 fully saturated rings. The lowest BCUT2D eigenvalue weighted by Crippen LogP contribution is -1.85. The fraction of sp³-hybridized carbons (Fsp3) is 0.222. The van der Waals surface area contributed by atoms with Gasteiger partial charge in [0.15, 0.2) is 0 Å². The number of hydrogen-bond acceptors (Lipinski definition) is 3. The molecule has 0 amide bonds. The Morgan fingerprint density at radius 2 is 2.46 bits per heavy atom. The standard InChI is InChI=1S/C9H10N2OS/c1-6-2-8(13-4-6)9-7(3-12)10-5-11-9/h2,4-5,12H,3H2,1H3,(H,10,11). The Morgan fingerprint density at radius 1 is 1.62 bits per heavy atom. The molecule has 0 atom stereocenters. The Balaban J connectivity index is 2.45. The lowest BCUT2D eigenvalue weighted by Gasteiger charge is -1.94. The van der Waals surface area contributed by atoms with E-state index in [4.69, 9.17) is 5.11 Å². The SMILES string of the molecule is Cc1csc(-c2[nH]cnc2CO)c1. The molecular weight excluding hydrogens is 184 g/mol. The molecule has 2 aromatic heterocycles. The number of aliphatic hydroxyl groups is 1. The van der Waals surface area contributed by atoms with Gasteiger partial charge in [0.1, 0.15) is 0 Å². The Hall–Kier alpha value is -1.13. The molecule has 0 unspecified atom stereocenters. The highest BCUT2D eigenvalue weighted by molar-refractivity contribution is 7.13. The van der Waals surface area contributed by atoms with Gasteiger partial charge in [0.25, 0.3) is 0 Å². The van der Waals surface area contributed by atoms with Crippen molar-refractivity contribution in [1.82, 2.24) is 9.97 Å². The quantitative estimate of drug-likeness (QED) is 0.767. The number of nitrogens with one attached hydrogen (secondary N) is 1. The fourth-order valence-electron chi connectivity index (χ4n) is 1.22. The molecule has 0 saturated heterocycles. The van der Waals surface area contributed by atoms with Crippen LogP contribution in [0.5, 0.6) is 0 Å². The molecule has 0 saturated carbocycles. The molecule has 0 aliphatic heterocycles. The van der Waals surface area contributed by atoms with Gasteiger partial charge >= 0.3 is 0 Å². The van der Waals surface area contributed by atoms with E-state index in [0.29, 0.717) is 5.69 Å². The summed E-state index contributed by atoms with van der Waals surface area (Å²) in [5.41, 5.74) is 2.88. The van der Waals surface area contributed by atoms with Gasteiger partial charge in [-0.3, -0.25) is 0 Å². The van der Waals surface area contributed by atoms with E-state index in [-0.39, 0.29) is 6.61 Å². The molecule has 13 heavy (non-hydrogen) atoms. The molecular formula is C9H10N2OS. The van der Waals surface area contributed by atoms with Gasteiger partial charge in [-0.05, 0) is 23.9 Å². The van der Waals surface area contributed by atoms with Crippen LogP contribution in [0.25, 0.3) is 10.6 Å². The molecule has 0 spiro atoms. The third-order valence-electron chi connectivity index (χ3n) is 1.84. The molecule has 0 aliphatic rings. The number of H-pyrrole nitrogens is 1. The molecule has 0 bridgehead atoms. The zero-order chi connectivity index (χ0) is 9.26. The highest BCUT2D eigenvalue weighted by atomic mass is 32.1. The number of hydrogen-bond donors (Lipinski definition) is 2. The predicted molar refractivity (Wildman–Crippen MR) is 52.6 cm³/mol. The summed E-state index contributed by atoms with van der Waals surface area (Å²) in [5.74, 6) is 0. The van der Waals surface area contributed by atoms with Crippen LogP contribution in [0, 0.1) is 6.92 Å². The Kier molecular flexibility index (Phi) is 2.16. The van der Waals surface area contributed by atoms with Crippen LogP contribution in [0.2, 0.25) is 0 Å². The van der Waals surface area contributed by atoms with Gasteiger partial charge in [0.2, 0.25) is 0 Å². The van der Waals surface area contributed by atoms with E-state index in [1.165, 1.54) is 5.56 Å². The summed E-state index contributed by atoms with van der Waals surface area (Å²) in [6.07, 6.45) is 1.61. The maximum absolute atomic E-state index is 9.00. The number of rotatable bonds is 2. The summed E-state index contributed by atoms with van der Waals surface area (Å²) < 4.78 is 0. The first-order chi connectivity index (χ1) is 6.31. The molecule has 2 aromatic rings. The first-order valence-corrected chi connectivity index (χ1v) is 4.88. The van der Waals surface area contributed by atoms with E-state index >= 15 is 0 Å². The third kappa shape index (κ3) is 1.50. The Bertz CT molecular complexity index is 405. The van der Waals surface area contributed by atoms with Crippen molar-refractivity contribution in [2.75, 3.05) is 0 Å². The van der Waals surface area contributed by atoms with Crippen molar-refractivity contribution in [3.63, 3.8) is 0 Å². The predicted octanol–water partition coefficient (Wildman–Crippen LogP) is 1.94. The van der Waals surface area contributed by atoms with Crippen molar-refractivity contribution in [3.8, 4) is 10.6 Å². The average molecular weight is 194 g/mol. The normalized spacial score (nSPS) is 10.6. The number of thiophene rings is 1. The van der Waals surface area contributed by atoms with Gasteiger partial charge in [-0.1, -0.05) is 0 Å². The number of aromatic amines is 1. The molecule has 2 N–H and O–H groups in total. The van der Waals surface area contributed by atoms with Gasteiger partial charge in [0.05, 0.1) is 29.2 Å². The summed E-state index contributed by atoms with van der Waals surface area (Å²) >= 11 is 1.65. The van der Waals surface area contributed by atoms with Crippen molar-refractivity contribution in [2.24, 2.45) is 0 Å². The summed E-state index contributed by atoms with van der Waals surface area (Å²) in [6, 6.07) is 2.08. The summed E-state index contributed by atoms with van der Waals surface area (Å²) in [5, 5.41) is 11.1. The fourth-order valence-corrected chi connectivity index (χ4v) is 2.15. The number of aliphatic hydroxyl groups excluding tert-OH is 1. The van der Waals surface area contributed by atoms with E-state index in [9.17, 15) is 0 Å². The van der Waals surface area contributed by atoms with Gasteiger partial charge in [-0.2, -0.15) is 0 Å². The van der Waals surface area contributed by atoms with Crippen LogP contribution in [0.4, 0.5) is 0 Å².